The van der Waals surface area contributed by atoms with Crippen LogP contribution in [0.2, 0.25) is 0 Å². The summed E-state index contributed by atoms with van der Waals surface area (Å²) in [6.07, 6.45) is 81.9. The molecule has 0 spiro atoms. The van der Waals surface area contributed by atoms with Gasteiger partial charge in [0, 0.05) is 19.3 Å². The Hall–Kier alpha value is -2.37. The van der Waals surface area contributed by atoms with Crippen LogP contribution in [0.3, 0.4) is 0 Å². The second-order valence-electron chi connectivity index (χ2n) is 23.4. The van der Waals surface area contributed by atoms with E-state index in [0.717, 1.165) is 77.0 Å². The van der Waals surface area contributed by atoms with Crippen molar-refractivity contribution in [3.8, 4) is 0 Å². The third kappa shape index (κ3) is 64.3. The minimum atomic E-state index is -0.775. The van der Waals surface area contributed by atoms with Gasteiger partial charge in [0.25, 0.3) is 0 Å². The molecule has 0 bridgehead atoms. The number of unbranched alkanes of at least 4 members (excludes halogenated alkanes) is 47. The van der Waals surface area contributed by atoms with Crippen molar-refractivity contribution < 1.29 is 28.6 Å². The average Bonchev–Trinajstić information content (AvgIpc) is 3.43. The molecule has 0 saturated heterocycles. The van der Waals surface area contributed by atoms with Gasteiger partial charge in [0.1, 0.15) is 13.2 Å². The zero-order valence-electron chi connectivity index (χ0n) is 52.0. The van der Waals surface area contributed by atoms with Crippen LogP contribution in [0.15, 0.2) is 36.5 Å². The average molecular weight is 1080 g/mol. The van der Waals surface area contributed by atoms with Gasteiger partial charge in [-0.3, -0.25) is 14.4 Å². The molecule has 6 nitrogen and oxygen atoms in total. The summed E-state index contributed by atoms with van der Waals surface area (Å²) in [6, 6.07) is 0. The van der Waals surface area contributed by atoms with E-state index >= 15 is 0 Å². The van der Waals surface area contributed by atoms with Crippen LogP contribution in [0, 0.1) is 0 Å². The number of carbonyl (C=O) groups excluding carboxylic acids is 3. The molecule has 0 N–H and O–H groups in total. The van der Waals surface area contributed by atoms with Crippen LogP contribution >= 0.6 is 0 Å². The quantitative estimate of drug-likeness (QED) is 0.0261. The Morgan fingerprint density at radius 2 is 0.468 bits per heavy atom. The lowest BCUT2D eigenvalue weighted by Crippen LogP contribution is -2.30. The summed E-state index contributed by atoms with van der Waals surface area (Å²) in [5, 5.41) is 0. The van der Waals surface area contributed by atoms with Crippen molar-refractivity contribution in [1.82, 2.24) is 0 Å². The van der Waals surface area contributed by atoms with Gasteiger partial charge in [0.15, 0.2) is 6.10 Å². The normalized spacial score (nSPS) is 12.2. The van der Waals surface area contributed by atoms with Crippen molar-refractivity contribution in [3.05, 3.63) is 36.5 Å². The Labute approximate surface area is 480 Å². The lowest BCUT2D eigenvalue weighted by Gasteiger charge is -2.18. The maximum atomic E-state index is 12.9. The third-order valence-electron chi connectivity index (χ3n) is 15.6. The van der Waals surface area contributed by atoms with E-state index in [1.807, 2.05) is 0 Å². The van der Waals surface area contributed by atoms with Crippen molar-refractivity contribution >= 4 is 17.9 Å². The summed E-state index contributed by atoms with van der Waals surface area (Å²) in [7, 11) is 0. The molecule has 0 heterocycles. The van der Waals surface area contributed by atoms with Gasteiger partial charge in [-0.15, -0.1) is 0 Å². The van der Waals surface area contributed by atoms with E-state index in [-0.39, 0.29) is 31.1 Å². The summed E-state index contributed by atoms with van der Waals surface area (Å²) < 4.78 is 16.9. The fraction of sp³-hybridized carbons (Fsp3) is 0.873. The highest BCUT2D eigenvalue weighted by Gasteiger charge is 2.19. The van der Waals surface area contributed by atoms with Gasteiger partial charge in [0.05, 0.1) is 0 Å². The molecule has 0 aromatic rings. The molecular formula is C71H132O6. The van der Waals surface area contributed by atoms with Crippen LogP contribution in [0.4, 0.5) is 0 Å². The molecule has 0 aromatic carbocycles. The number of esters is 3. The SMILES string of the molecule is CCCCCC/C=C\C/C=C\CCCCCCCC(=O)OC(COC(=O)CCCCCCCCCCCC)COC(=O)CCCCCCCCCCCCCCCCCCCCCCC/C=C\CCCCCCCCCC. The number of ether oxygens (including phenoxy) is 3. The molecule has 77 heavy (non-hydrogen) atoms. The molecule has 0 saturated carbocycles. The number of rotatable bonds is 64. The fourth-order valence-corrected chi connectivity index (χ4v) is 10.4. The first-order chi connectivity index (χ1) is 38.0. The minimum absolute atomic E-state index is 0.0727. The van der Waals surface area contributed by atoms with Crippen molar-refractivity contribution in [2.45, 2.75) is 386 Å². The lowest BCUT2D eigenvalue weighted by molar-refractivity contribution is -0.167. The van der Waals surface area contributed by atoms with Gasteiger partial charge in [-0.1, -0.05) is 320 Å². The molecule has 0 aliphatic carbocycles. The molecule has 1 atom stereocenters. The zero-order valence-corrected chi connectivity index (χ0v) is 52.0. The second-order valence-corrected chi connectivity index (χ2v) is 23.4. The Morgan fingerprint density at radius 1 is 0.260 bits per heavy atom. The van der Waals surface area contributed by atoms with Crippen LogP contribution in [-0.2, 0) is 28.6 Å². The largest absolute Gasteiger partial charge is 0.462 e. The number of carbonyl (C=O) groups is 3. The third-order valence-corrected chi connectivity index (χ3v) is 15.6. The van der Waals surface area contributed by atoms with E-state index in [9.17, 15) is 14.4 Å². The smallest absolute Gasteiger partial charge is 0.306 e. The molecule has 0 aliphatic heterocycles. The van der Waals surface area contributed by atoms with Gasteiger partial charge >= 0.3 is 17.9 Å². The lowest BCUT2D eigenvalue weighted by atomic mass is 10.0. The Balaban J connectivity index is 4.04. The Kier molecular flexibility index (Phi) is 64.1. The van der Waals surface area contributed by atoms with Crippen LogP contribution in [-0.4, -0.2) is 37.2 Å². The summed E-state index contributed by atoms with van der Waals surface area (Å²) in [6.45, 7) is 6.65. The summed E-state index contributed by atoms with van der Waals surface area (Å²) >= 11 is 0. The topological polar surface area (TPSA) is 78.9 Å². The van der Waals surface area contributed by atoms with Crippen LogP contribution < -0.4 is 0 Å². The predicted molar refractivity (Wildman–Crippen MR) is 335 cm³/mol. The van der Waals surface area contributed by atoms with E-state index in [1.54, 1.807) is 0 Å². The molecular weight excluding hydrogens is 949 g/mol. The van der Waals surface area contributed by atoms with Gasteiger partial charge in [-0.25, -0.2) is 0 Å². The number of hydrogen-bond acceptors (Lipinski definition) is 6. The minimum Gasteiger partial charge on any atom is -0.462 e. The first-order valence-corrected chi connectivity index (χ1v) is 34.5. The number of hydrogen-bond donors (Lipinski definition) is 0. The van der Waals surface area contributed by atoms with Crippen LogP contribution in [0.1, 0.15) is 380 Å². The molecule has 0 fully saturated rings. The van der Waals surface area contributed by atoms with E-state index < -0.39 is 6.10 Å². The zero-order chi connectivity index (χ0) is 55.7. The van der Waals surface area contributed by atoms with Gasteiger partial charge in [-0.2, -0.15) is 0 Å². The molecule has 0 aromatic heterocycles. The summed E-state index contributed by atoms with van der Waals surface area (Å²) in [4.78, 5) is 38.2. The molecule has 0 amide bonds. The number of allylic oxidation sites excluding steroid dienone is 6. The first-order valence-electron chi connectivity index (χ1n) is 34.5. The van der Waals surface area contributed by atoms with Gasteiger partial charge < -0.3 is 14.2 Å². The van der Waals surface area contributed by atoms with E-state index in [4.69, 9.17) is 14.2 Å². The van der Waals surface area contributed by atoms with Crippen molar-refractivity contribution in [3.63, 3.8) is 0 Å². The maximum absolute atomic E-state index is 12.9. The van der Waals surface area contributed by atoms with Crippen molar-refractivity contribution in [2.75, 3.05) is 13.2 Å². The Bertz CT molecular complexity index is 1290. The predicted octanol–water partition coefficient (Wildman–Crippen LogP) is 23.6. The molecule has 0 rings (SSSR count). The van der Waals surface area contributed by atoms with Crippen LogP contribution in [0.5, 0.6) is 0 Å². The first kappa shape index (κ1) is 74.6. The maximum Gasteiger partial charge on any atom is 0.306 e. The molecule has 1 unspecified atom stereocenters. The van der Waals surface area contributed by atoms with Crippen LogP contribution in [0.25, 0.3) is 0 Å². The monoisotopic (exact) mass is 1080 g/mol. The fourth-order valence-electron chi connectivity index (χ4n) is 10.4. The second kappa shape index (κ2) is 66.1. The van der Waals surface area contributed by atoms with E-state index in [0.29, 0.717) is 19.3 Å². The van der Waals surface area contributed by atoms with Crippen molar-refractivity contribution in [2.24, 2.45) is 0 Å². The van der Waals surface area contributed by atoms with Crippen molar-refractivity contribution in [1.29, 1.82) is 0 Å². The summed E-state index contributed by atoms with van der Waals surface area (Å²) in [5.74, 6) is -0.865. The molecule has 0 radical (unpaired) electrons. The molecule has 452 valence electrons. The summed E-state index contributed by atoms with van der Waals surface area (Å²) in [5.41, 5.74) is 0. The van der Waals surface area contributed by atoms with Gasteiger partial charge in [-0.05, 0) is 77.0 Å². The standard InChI is InChI=1S/C71H132O6/c1-4-7-10-13-16-19-22-24-26-28-29-30-31-32-33-34-35-36-37-38-39-40-41-42-43-44-46-47-49-52-55-58-61-64-70(73)76-67-68(66-75-69(72)63-60-57-54-51-21-18-15-12-9-6-3)77-71(74)65-62-59-56-53-50-48-45-27-25-23-20-17-14-11-8-5-2/h20,23,27-29,45,68H,4-19,21-22,24-26,30-44,46-67H2,1-3H3/b23-20-,29-28-,45-27-. The highest BCUT2D eigenvalue weighted by Crippen LogP contribution is 2.18. The van der Waals surface area contributed by atoms with Gasteiger partial charge in [0.2, 0.25) is 0 Å². The van der Waals surface area contributed by atoms with E-state index in [2.05, 4.69) is 57.2 Å². The Morgan fingerprint density at radius 3 is 0.740 bits per heavy atom. The molecule has 0 aliphatic rings. The highest BCUT2D eigenvalue weighted by molar-refractivity contribution is 5.71. The highest BCUT2D eigenvalue weighted by atomic mass is 16.6. The molecule has 6 heteroatoms. The van der Waals surface area contributed by atoms with E-state index in [1.165, 1.54) is 263 Å².